The van der Waals surface area contributed by atoms with Crippen molar-refractivity contribution >= 4 is 50.8 Å². The Hall–Kier alpha value is -2.45. The second-order valence-corrected chi connectivity index (χ2v) is 8.11. The van der Waals surface area contributed by atoms with E-state index in [0.717, 1.165) is 21.2 Å². The van der Waals surface area contributed by atoms with Crippen LogP contribution in [0.1, 0.15) is 23.6 Å². The maximum absolute atomic E-state index is 9.61. The van der Waals surface area contributed by atoms with Crippen molar-refractivity contribution in [3.05, 3.63) is 91.9 Å². The fraction of sp³-hybridized carbons (Fsp3) is 0.125. The highest BCUT2D eigenvalue weighted by Crippen LogP contribution is 2.38. The van der Waals surface area contributed by atoms with Gasteiger partial charge < -0.3 is 9.47 Å². The van der Waals surface area contributed by atoms with Crippen molar-refractivity contribution in [2.75, 3.05) is 6.61 Å². The molecule has 30 heavy (non-hydrogen) atoms. The molecule has 0 aromatic heterocycles. The monoisotopic (exact) mass is 501 g/mol. The van der Waals surface area contributed by atoms with Crippen molar-refractivity contribution in [1.82, 2.24) is 0 Å². The maximum Gasteiger partial charge on any atom is 0.180 e. The summed E-state index contributed by atoms with van der Waals surface area (Å²) in [6, 6.07) is 20.8. The molecule has 0 spiro atoms. The molecule has 0 radical (unpaired) electrons. The van der Waals surface area contributed by atoms with Crippen molar-refractivity contribution in [3.8, 4) is 17.6 Å². The molecule has 0 amide bonds. The number of allylic oxidation sites excluding steroid dienone is 1. The van der Waals surface area contributed by atoms with Crippen LogP contribution in [0.25, 0.3) is 11.6 Å². The van der Waals surface area contributed by atoms with Crippen LogP contribution in [0.2, 0.25) is 10.0 Å². The summed E-state index contributed by atoms with van der Waals surface area (Å²) in [7, 11) is 0. The number of benzene rings is 3. The summed E-state index contributed by atoms with van der Waals surface area (Å²) in [5.41, 5.74) is 3.05. The van der Waals surface area contributed by atoms with Crippen LogP contribution in [-0.2, 0) is 6.61 Å². The van der Waals surface area contributed by atoms with Gasteiger partial charge in [0.25, 0.3) is 0 Å². The van der Waals surface area contributed by atoms with Crippen LogP contribution < -0.4 is 9.47 Å². The topological polar surface area (TPSA) is 42.2 Å². The van der Waals surface area contributed by atoms with Crippen molar-refractivity contribution in [3.63, 3.8) is 0 Å². The molecule has 0 N–H and O–H groups in total. The van der Waals surface area contributed by atoms with E-state index in [9.17, 15) is 5.26 Å². The van der Waals surface area contributed by atoms with Gasteiger partial charge in [0.15, 0.2) is 11.5 Å². The van der Waals surface area contributed by atoms with E-state index >= 15 is 0 Å². The molecule has 0 atom stereocenters. The molecule has 0 heterocycles. The molecule has 0 bridgehead atoms. The molecule has 0 aliphatic heterocycles. The van der Waals surface area contributed by atoms with E-state index in [2.05, 4.69) is 22.0 Å². The van der Waals surface area contributed by atoms with Crippen LogP contribution in [0, 0.1) is 11.3 Å². The zero-order valence-corrected chi connectivity index (χ0v) is 19.3. The van der Waals surface area contributed by atoms with Crippen molar-refractivity contribution < 1.29 is 9.47 Å². The summed E-state index contributed by atoms with van der Waals surface area (Å²) in [6.45, 7) is 2.68. The molecule has 152 valence electrons. The van der Waals surface area contributed by atoms with Crippen molar-refractivity contribution in [1.29, 1.82) is 5.26 Å². The first kappa shape index (κ1) is 22.2. The fourth-order valence-corrected chi connectivity index (χ4v) is 3.45. The number of ether oxygens (including phenoxy) is 2. The summed E-state index contributed by atoms with van der Waals surface area (Å²) in [6.07, 6.45) is 1.78. The van der Waals surface area contributed by atoms with E-state index < -0.39 is 0 Å². The highest BCUT2D eigenvalue weighted by Gasteiger charge is 2.13. The first-order valence-electron chi connectivity index (χ1n) is 9.21. The molecule has 3 rings (SSSR count). The van der Waals surface area contributed by atoms with E-state index in [4.69, 9.17) is 32.7 Å². The van der Waals surface area contributed by atoms with Gasteiger partial charge in [-0.2, -0.15) is 5.26 Å². The standard InChI is InChI=1S/C24H18BrCl2NO2/c1-2-29-23-13-17(11-19(14-28)18-5-7-20(25)8-6-18)12-22(27)24(23)30-15-16-3-9-21(26)10-4-16/h3-13H,2,15H2,1H3/b19-11-. The lowest BCUT2D eigenvalue weighted by atomic mass is 10.0. The lowest BCUT2D eigenvalue weighted by Gasteiger charge is -2.15. The Balaban J connectivity index is 1.90. The molecule has 0 aliphatic rings. The second-order valence-electron chi connectivity index (χ2n) is 6.35. The molecular formula is C24H18BrCl2NO2. The zero-order chi connectivity index (χ0) is 21.5. The average Bonchev–Trinajstić information content (AvgIpc) is 2.73. The zero-order valence-electron chi connectivity index (χ0n) is 16.2. The van der Waals surface area contributed by atoms with Gasteiger partial charge >= 0.3 is 0 Å². The van der Waals surface area contributed by atoms with Crippen molar-refractivity contribution in [2.24, 2.45) is 0 Å². The third kappa shape index (κ3) is 5.79. The molecule has 3 aromatic carbocycles. The largest absolute Gasteiger partial charge is 0.490 e. The Labute approximate surface area is 194 Å². The Morgan fingerprint density at radius 3 is 2.37 bits per heavy atom. The van der Waals surface area contributed by atoms with Crippen LogP contribution >= 0.6 is 39.1 Å². The van der Waals surface area contributed by atoms with E-state index in [-0.39, 0.29) is 0 Å². The number of rotatable bonds is 7. The van der Waals surface area contributed by atoms with Gasteiger partial charge in [-0.3, -0.25) is 0 Å². The average molecular weight is 503 g/mol. The van der Waals surface area contributed by atoms with E-state index in [1.807, 2.05) is 61.5 Å². The minimum Gasteiger partial charge on any atom is -0.490 e. The van der Waals surface area contributed by atoms with Crippen LogP contribution in [-0.4, -0.2) is 6.61 Å². The number of nitrogens with zero attached hydrogens (tertiary/aromatic N) is 1. The number of nitriles is 1. The van der Waals surface area contributed by atoms with Gasteiger partial charge in [-0.15, -0.1) is 0 Å². The van der Waals surface area contributed by atoms with Gasteiger partial charge in [-0.1, -0.05) is 63.4 Å². The second kappa shape index (κ2) is 10.5. The molecule has 0 unspecified atom stereocenters. The lowest BCUT2D eigenvalue weighted by Crippen LogP contribution is -2.01. The van der Waals surface area contributed by atoms with Crippen LogP contribution in [0.5, 0.6) is 11.5 Å². The van der Waals surface area contributed by atoms with Crippen LogP contribution in [0.3, 0.4) is 0 Å². The first-order chi connectivity index (χ1) is 14.5. The molecule has 6 heteroatoms. The summed E-state index contributed by atoms with van der Waals surface area (Å²) in [4.78, 5) is 0. The first-order valence-corrected chi connectivity index (χ1v) is 10.8. The third-order valence-electron chi connectivity index (χ3n) is 4.21. The Bertz CT molecular complexity index is 1090. The van der Waals surface area contributed by atoms with Gasteiger partial charge in [-0.05, 0) is 66.1 Å². The highest BCUT2D eigenvalue weighted by molar-refractivity contribution is 9.10. The summed E-state index contributed by atoms with van der Waals surface area (Å²) in [5.74, 6) is 0.992. The summed E-state index contributed by atoms with van der Waals surface area (Å²) >= 11 is 15.8. The van der Waals surface area contributed by atoms with Crippen molar-refractivity contribution in [2.45, 2.75) is 13.5 Å². The molecule has 0 saturated heterocycles. The fourth-order valence-electron chi connectivity index (χ4n) is 2.79. The number of halogens is 3. The summed E-state index contributed by atoms with van der Waals surface area (Å²) in [5, 5.41) is 10.7. The molecule has 0 saturated carbocycles. The van der Waals surface area contributed by atoms with Gasteiger partial charge in [0.2, 0.25) is 0 Å². The normalized spacial score (nSPS) is 11.1. The quantitative estimate of drug-likeness (QED) is 0.244. The van der Waals surface area contributed by atoms with Gasteiger partial charge in [0, 0.05) is 9.50 Å². The van der Waals surface area contributed by atoms with E-state index in [1.54, 1.807) is 12.1 Å². The molecule has 0 fully saturated rings. The van der Waals surface area contributed by atoms with E-state index in [0.29, 0.717) is 40.3 Å². The molecular weight excluding hydrogens is 485 g/mol. The smallest absolute Gasteiger partial charge is 0.180 e. The Morgan fingerprint density at radius 2 is 1.73 bits per heavy atom. The van der Waals surface area contributed by atoms with Gasteiger partial charge in [-0.25, -0.2) is 0 Å². The predicted octanol–water partition coefficient (Wildman–Crippen LogP) is 7.80. The number of hydrogen-bond acceptors (Lipinski definition) is 3. The lowest BCUT2D eigenvalue weighted by molar-refractivity contribution is 0.269. The highest BCUT2D eigenvalue weighted by atomic mass is 79.9. The minimum absolute atomic E-state index is 0.328. The molecule has 3 nitrogen and oxygen atoms in total. The van der Waals surface area contributed by atoms with Crippen LogP contribution in [0.15, 0.2) is 65.1 Å². The third-order valence-corrected chi connectivity index (χ3v) is 5.28. The van der Waals surface area contributed by atoms with Gasteiger partial charge in [0.1, 0.15) is 6.61 Å². The molecule has 0 aliphatic carbocycles. The number of hydrogen-bond donors (Lipinski definition) is 0. The van der Waals surface area contributed by atoms with Gasteiger partial charge in [0.05, 0.1) is 23.3 Å². The summed E-state index contributed by atoms with van der Waals surface area (Å²) < 4.78 is 12.6. The molecule has 3 aromatic rings. The SMILES string of the molecule is CCOc1cc(/C=C(/C#N)c2ccc(Br)cc2)cc(Cl)c1OCc1ccc(Cl)cc1. The van der Waals surface area contributed by atoms with Crippen LogP contribution in [0.4, 0.5) is 0 Å². The van der Waals surface area contributed by atoms with E-state index in [1.165, 1.54) is 0 Å². The Morgan fingerprint density at radius 1 is 1.03 bits per heavy atom. The predicted molar refractivity (Wildman–Crippen MR) is 126 cm³/mol. The maximum atomic E-state index is 9.61. The minimum atomic E-state index is 0.328. The Kier molecular flexibility index (Phi) is 7.81.